The Bertz CT molecular complexity index is 540. The Morgan fingerprint density at radius 1 is 1.15 bits per heavy atom. The zero-order chi connectivity index (χ0) is 14.4. The molecule has 0 spiro atoms. The van der Waals surface area contributed by atoms with E-state index in [9.17, 15) is 5.11 Å². The Morgan fingerprint density at radius 3 is 2.60 bits per heavy atom. The van der Waals surface area contributed by atoms with Crippen molar-refractivity contribution in [2.45, 2.75) is 25.4 Å². The van der Waals surface area contributed by atoms with Gasteiger partial charge in [-0.15, -0.1) is 0 Å². The van der Waals surface area contributed by atoms with Gasteiger partial charge in [0.15, 0.2) is 0 Å². The van der Waals surface area contributed by atoms with Crippen LogP contribution in [0.1, 0.15) is 30.1 Å². The molecule has 2 nitrogen and oxygen atoms in total. The minimum Gasteiger partial charge on any atom is -0.496 e. The molecule has 0 aliphatic carbocycles. The molecule has 0 fully saturated rings. The van der Waals surface area contributed by atoms with E-state index in [-0.39, 0.29) is 0 Å². The van der Waals surface area contributed by atoms with Gasteiger partial charge < -0.3 is 9.84 Å². The van der Waals surface area contributed by atoms with Crippen LogP contribution in [0.15, 0.2) is 48.5 Å². The molecule has 106 valence electrons. The molecule has 20 heavy (non-hydrogen) atoms. The molecule has 3 heteroatoms. The normalized spacial score (nSPS) is 12.2. The summed E-state index contributed by atoms with van der Waals surface area (Å²) in [5.41, 5.74) is 2.05. The van der Waals surface area contributed by atoms with Crippen molar-refractivity contribution in [1.82, 2.24) is 0 Å². The first-order valence-corrected chi connectivity index (χ1v) is 7.14. The predicted molar refractivity (Wildman–Crippen MR) is 82.3 cm³/mol. The fourth-order valence-electron chi connectivity index (χ4n) is 2.27. The summed E-state index contributed by atoms with van der Waals surface area (Å²) in [5.74, 6) is 0.851. The largest absolute Gasteiger partial charge is 0.496 e. The molecule has 2 aromatic rings. The quantitative estimate of drug-likeness (QED) is 0.854. The van der Waals surface area contributed by atoms with Gasteiger partial charge >= 0.3 is 0 Å². The zero-order valence-corrected chi connectivity index (χ0v) is 12.3. The second kappa shape index (κ2) is 7.32. The van der Waals surface area contributed by atoms with Gasteiger partial charge in [0.05, 0.1) is 13.2 Å². The van der Waals surface area contributed by atoms with Crippen molar-refractivity contribution in [3.63, 3.8) is 0 Å². The topological polar surface area (TPSA) is 29.5 Å². The van der Waals surface area contributed by atoms with Crippen molar-refractivity contribution in [3.8, 4) is 5.75 Å². The fourth-order valence-corrected chi connectivity index (χ4v) is 2.46. The Balaban J connectivity index is 1.91. The average molecular weight is 291 g/mol. The molecule has 2 aromatic carbocycles. The molecule has 0 aliphatic heterocycles. The molecule has 0 aliphatic rings. The Hall–Kier alpha value is -1.51. The molecular formula is C17H19ClO2. The third kappa shape index (κ3) is 3.99. The lowest BCUT2D eigenvalue weighted by Gasteiger charge is -2.12. The van der Waals surface area contributed by atoms with Crippen LogP contribution in [0.3, 0.4) is 0 Å². The number of halogens is 1. The van der Waals surface area contributed by atoms with Crippen LogP contribution >= 0.6 is 11.6 Å². The van der Waals surface area contributed by atoms with E-state index in [1.54, 1.807) is 7.11 Å². The maximum atomic E-state index is 10.1. The Kier molecular flexibility index (Phi) is 5.45. The fraction of sp³-hybridized carbons (Fsp3) is 0.294. The van der Waals surface area contributed by atoms with E-state index in [1.807, 2.05) is 48.5 Å². The van der Waals surface area contributed by atoms with Crippen molar-refractivity contribution in [3.05, 3.63) is 64.7 Å². The van der Waals surface area contributed by atoms with Gasteiger partial charge in [-0.1, -0.05) is 41.9 Å². The van der Waals surface area contributed by atoms with Gasteiger partial charge in [0.25, 0.3) is 0 Å². The molecule has 0 radical (unpaired) electrons. The molecule has 0 bridgehead atoms. The number of rotatable bonds is 6. The highest BCUT2D eigenvalue weighted by Crippen LogP contribution is 2.26. The van der Waals surface area contributed by atoms with Crippen molar-refractivity contribution in [2.75, 3.05) is 7.11 Å². The summed E-state index contributed by atoms with van der Waals surface area (Å²) in [6.07, 6.45) is 2.03. The van der Waals surface area contributed by atoms with Crippen LogP contribution in [0.2, 0.25) is 5.02 Å². The number of aliphatic hydroxyl groups is 1. The van der Waals surface area contributed by atoms with Gasteiger partial charge in [-0.05, 0) is 48.6 Å². The van der Waals surface area contributed by atoms with Crippen molar-refractivity contribution < 1.29 is 9.84 Å². The summed E-state index contributed by atoms with van der Waals surface area (Å²) in [5, 5.41) is 10.8. The summed E-state index contributed by atoms with van der Waals surface area (Å²) in [7, 11) is 1.66. The molecule has 1 atom stereocenters. The van der Waals surface area contributed by atoms with Gasteiger partial charge in [-0.25, -0.2) is 0 Å². The maximum absolute atomic E-state index is 10.1. The van der Waals surface area contributed by atoms with Crippen LogP contribution in [0, 0.1) is 0 Å². The molecule has 1 unspecified atom stereocenters. The van der Waals surface area contributed by atoms with Crippen LogP contribution in [0.4, 0.5) is 0 Å². The molecule has 2 rings (SSSR count). The van der Waals surface area contributed by atoms with Crippen LogP contribution < -0.4 is 4.74 Å². The van der Waals surface area contributed by atoms with E-state index < -0.39 is 6.10 Å². The van der Waals surface area contributed by atoms with E-state index in [1.165, 1.54) is 0 Å². The number of hydrogen-bond acceptors (Lipinski definition) is 2. The number of ether oxygens (including phenoxy) is 1. The summed E-state index contributed by atoms with van der Waals surface area (Å²) in [6.45, 7) is 0. The van der Waals surface area contributed by atoms with Crippen LogP contribution in [-0.4, -0.2) is 12.2 Å². The monoisotopic (exact) mass is 290 g/mol. The summed E-state index contributed by atoms with van der Waals surface area (Å²) in [4.78, 5) is 0. The van der Waals surface area contributed by atoms with Crippen LogP contribution in [-0.2, 0) is 6.42 Å². The van der Waals surface area contributed by atoms with Gasteiger partial charge in [-0.3, -0.25) is 0 Å². The summed E-state index contributed by atoms with van der Waals surface area (Å²) >= 11 is 6.01. The second-order valence-electron chi connectivity index (χ2n) is 4.77. The number of methoxy groups -OCH3 is 1. The first-order valence-electron chi connectivity index (χ1n) is 6.76. The van der Waals surface area contributed by atoms with Crippen LogP contribution in [0.25, 0.3) is 0 Å². The summed E-state index contributed by atoms with van der Waals surface area (Å²) < 4.78 is 5.32. The first kappa shape index (κ1) is 14.9. The van der Waals surface area contributed by atoms with E-state index in [2.05, 4.69) is 0 Å². The highest BCUT2D eigenvalue weighted by Gasteiger charge is 2.08. The zero-order valence-electron chi connectivity index (χ0n) is 11.6. The molecule has 0 amide bonds. The Labute approximate surface area is 125 Å². The van der Waals surface area contributed by atoms with Crippen molar-refractivity contribution in [2.24, 2.45) is 0 Å². The second-order valence-corrected chi connectivity index (χ2v) is 5.21. The SMILES string of the molecule is COc1ccc(Cl)cc1CCCC(O)c1ccccc1. The van der Waals surface area contributed by atoms with Crippen molar-refractivity contribution in [1.29, 1.82) is 0 Å². The van der Waals surface area contributed by atoms with Gasteiger partial charge in [-0.2, -0.15) is 0 Å². The first-order chi connectivity index (χ1) is 9.70. The number of benzene rings is 2. The predicted octanol–water partition coefficient (Wildman–Crippen LogP) is 4.40. The van der Waals surface area contributed by atoms with Gasteiger partial charge in [0.1, 0.15) is 5.75 Å². The Morgan fingerprint density at radius 2 is 1.90 bits per heavy atom. The number of aryl methyl sites for hydroxylation is 1. The van der Waals surface area contributed by atoms with Gasteiger partial charge in [0.2, 0.25) is 0 Å². The highest BCUT2D eigenvalue weighted by atomic mass is 35.5. The summed E-state index contributed by atoms with van der Waals surface area (Å²) in [6, 6.07) is 15.4. The lowest BCUT2D eigenvalue weighted by molar-refractivity contribution is 0.164. The molecule has 1 N–H and O–H groups in total. The van der Waals surface area contributed by atoms with Crippen molar-refractivity contribution >= 4 is 11.6 Å². The van der Waals surface area contributed by atoms with Gasteiger partial charge in [0, 0.05) is 5.02 Å². The molecular weight excluding hydrogens is 272 g/mol. The van der Waals surface area contributed by atoms with E-state index in [0.29, 0.717) is 5.02 Å². The lowest BCUT2D eigenvalue weighted by atomic mass is 10.0. The third-order valence-electron chi connectivity index (χ3n) is 3.35. The van der Waals surface area contributed by atoms with E-state index >= 15 is 0 Å². The highest BCUT2D eigenvalue weighted by molar-refractivity contribution is 6.30. The lowest BCUT2D eigenvalue weighted by Crippen LogP contribution is -1.99. The molecule has 0 heterocycles. The van der Waals surface area contributed by atoms with Crippen LogP contribution in [0.5, 0.6) is 5.75 Å². The van der Waals surface area contributed by atoms with E-state index in [0.717, 1.165) is 36.1 Å². The number of aliphatic hydroxyl groups excluding tert-OH is 1. The average Bonchev–Trinajstić information content (AvgIpc) is 2.48. The molecule has 0 saturated heterocycles. The van der Waals surface area contributed by atoms with E-state index in [4.69, 9.17) is 16.3 Å². The number of hydrogen-bond donors (Lipinski definition) is 1. The minimum absolute atomic E-state index is 0.415. The minimum atomic E-state index is -0.415. The maximum Gasteiger partial charge on any atom is 0.122 e. The third-order valence-corrected chi connectivity index (χ3v) is 3.59. The standard InChI is InChI=1S/C17H19ClO2/c1-20-17-11-10-15(18)12-14(17)8-5-9-16(19)13-6-3-2-4-7-13/h2-4,6-7,10-12,16,19H,5,8-9H2,1H3. The smallest absolute Gasteiger partial charge is 0.122 e. The molecule has 0 aromatic heterocycles. The molecule has 0 saturated carbocycles.